The van der Waals surface area contributed by atoms with Crippen molar-refractivity contribution in [2.45, 2.75) is 25.9 Å². The first kappa shape index (κ1) is 11.9. The van der Waals surface area contributed by atoms with Crippen LogP contribution in [0, 0.1) is 0 Å². The van der Waals surface area contributed by atoms with Gasteiger partial charge in [0.1, 0.15) is 11.5 Å². The Labute approximate surface area is 90.6 Å². The first-order valence-electron chi connectivity index (χ1n) is 5.00. The van der Waals surface area contributed by atoms with Crippen molar-refractivity contribution in [1.29, 1.82) is 0 Å². The summed E-state index contributed by atoms with van der Waals surface area (Å²) in [5.41, 5.74) is -0.0780. The lowest BCUT2D eigenvalue weighted by atomic mass is 9.92. The Morgan fingerprint density at radius 3 is 2.40 bits per heavy atom. The van der Waals surface area contributed by atoms with Crippen LogP contribution in [-0.4, -0.2) is 19.3 Å². The van der Waals surface area contributed by atoms with Crippen LogP contribution >= 0.6 is 0 Å². The predicted octanol–water partition coefficient (Wildman–Crippen LogP) is 2.32. The van der Waals surface area contributed by atoms with Gasteiger partial charge >= 0.3 is 0 Å². The predicted molar refractivity (Wildman–Crippen MR) is 59.4 cm³/mol. The number of hydrogen-bond donors (Lipinski definition) is 1. The molecule has 3 nitrogen and oxygen atoms in total. The Balaban J connectivity index is 3.18. The molecule has 15 heavy (non-hydrogen) atoms. The van der Waals surface area contributed by atoms with Gasteiger partial charge < -0.3 is 14.6 Å². The molecule has 0 bridgehead atoms. The maximum atomic E-state index is 10.1. The molecule has 1 atom stereocenters. The Kier molecular flexibility index (Phi) is 3.58. The van der Waals surface area contributed by atoms with Crippen LogP contribution in [0.3, 0.4) is 0 Å². The third-order valence-corrected chi connectivity index (χ3v) is 2.68. The highest BCUT2D eigenvalue weighted by molar-refractivity contribution is 5.43. The molecular formula is C12H18O3. The summed E-state index contributed by atoms with van der Waals surface area (Å²) in [7, 11) is 3.19. The first-order chi connectivity index (χ1) is 7.05. The van der Waals surface area contributed by atoms with Gasteiger partial charge in [-0.05, 0) is 25.5 Å². The molecule has 0 aromatic heterocycles. The Bertz CT molecular complexity index is 332. The van der Waals surface area contributed by atoms with Crippen molar-refractivity contribution in [3.05, 3.63) is 23.8 Å². The second kappa shape index (κ2) is 4.53. The smallest absolute Gasteiger partial charge is 0.128 e. The van der Waals surface area contributed by atoms with Crippen LogP contribution < -0.4 is 9.47 Å². The molecule has 0 saturated carbocycles. The number of methoxy groups -OCH3 is 2. The monoisotopic (exact) mass is 210 g/mol. The van der Waals surface area contributed by atoms with Gasteiger partial charge in [-0.1, -0.05) is 6.92 Å². The lowest BCUT2D eigenvalue weighted by Crippen LogP contribution is -2.20. The van der Waals surface area contributed by atoms with Gasteiger partial charge in [0.15, 0.2) is 0 Å². The molecule has 1 aromatic rings. The molecule has 1 N–H and O–H groups in total. The lowest BCUT2D eigenvalue weighted by molar-refractivity contribution is 0.0504. The van der Waals surface area contributed by atoms with Crippen LogP contribution in [0.1, 0.15) is 25.8 Å². The SMILES string of the molecule is CCC(C)(O)c1ccc(OC)cc1OC. The minimum atomic E-state index is -0.863. The summed E-state index contributed by atoms with van der Waals surface area (Å²) >= 11 is 0. The van der Waals surface area contributed by atoms with Gasteiger partial charge in [-0.2, -0.15) is 0 Å². The molecule has 0 spiro atoms. The molecule has 0 fully saturated rings. The summed E-state index contributed by atoms with van der Waals surface area (Å²) in [6.07, 6.45) is 0.635. The highest BCUT2D eigenvalue weighted by Crippen LogP contribution is 2.34. The summed E-state index contributed by atoms with van der Waals surface area (Å²) in [5.74, 6) is 1.38. The van der Waals surface area contributed by atoms with Gasteiger partial charge in [-0.25, -0.2) is 0 Å². The fourth-order valence-electron chi connectivity index (χ4n) is 1.43. The van der Waals surface area contributed by atoms with Crippen molar-refractivity contribution in [2.75, 3.05) is 14.2 Å². The van der Waals surface area contributed by atoms with Crippen LogP contribution in [0.25, 0.3) is 0 Å². The molecule has 84 valence electrons. The Morgan fingerprint density at radius 2 is 1.93 bits per heavy atom. The molecular weight excluding hydrogens is 192 g/mol. The quantitative estimate of drug-likeness (QED) is 0.828. The van der Waals surface area contributed by atoms with E-state index in [1.165, 1.54) is 0 Å². The van der Waals surface area contributed by atoms with E-state index in [0.29, 0.717) is 12.2 Å². The fraction of sp³-hybridized carbons (Fsp3) is 0.500. The van der Waals surface area contributed by atoms with Gasteiger partial charge in [0.05, 0.1) is 19.8 Å². The molecule has 0 heterocycles. The zero-order valence-corrected chi connectivity index (χ0v) is 9.70. The number of benzene rings is 1. The van der Waals surface area contributed by atoms with E-state index in [-0.39, 0.29) is 0 Å². The topological polar surface area (TPSA) is 38.7 Å². The highest BCUT2D eigenvalue weighted by atomic mass is 16.5. The number of aliphatic hydroxyl groups is 1. The number of ether oxygens (including phenoxy) is 2. The van der Waals surface area contributed by atoms with Gasteiger partial charge in [0, 0.05) is 11.6 Å². The zero-order valence-electron chi connectivity index (χ0n) is 9.70. The molecule has 0 saturated heterocycles. The second-order valence-corrected chi connectivity index (χ2v) is 3.69. The average Bonchev–Trinajstić information content (AvgIpc) is 2.28. The van der Waals surface area contributed by atoms with Crippen LogP contribution in [0.5, 0.6) is 11.5 Å². The van der Waals surface area contributed by atoms with E-state index >= 15 is 0 Å². The standard InChI is InChI=1S/C12H18O3/c1-5-12(2,13)10-7-6-9(14-3)8-11(10)15-4/h6-8,13H,5H2,1-4H3. The fourth-order valence-corrected chi connectivity index (χ4v) is 1.43. The van der Waals surface area contributed by atoms with E-state index in [2.05, 4.69) is 0 Å². The summed E-state index contributed by atoms with van der Waals surface area (Å²) in [6.45, 7) is 3.71. The van der Waals surface area contributed by atoms with Gasteiger partial charge in [0.2, 0.25) is 0 Å². The molecule has 0 amide bonds. The maximum absolute atomic E-state index is 10.1. The Hall–Kier alpha value is -1.22. The van der Waals surface area contributed by atoms with Crippen molar-refractivity contribution in [2.24, 2.45) is 0 Å². The van der Waals surface area contributed by atoms with Crippen molar-refractivity contribution in [1.82, 2.24) is 0 Å². The third kappa shape index (κ3) is 2.42. The van der Waals surface area contributed by atoms with Gasteiger partial charge in [-0.3, -0.25) is 0 Å². The van der Waals surface area contributed by atoms with E-state index in [0.717, 1.165) is 11.3 Å². The minimum Gasteiger partial charge on any atom is -0.497 e. The minimum absolute atomic E-state index is 0.635. The largest absolute Gasteiger partial charge is 0.497 e. The van der Waals surface area contributed by atoms with Gasteiger partial charge in [0.25, 0.3) is 0 Å². The second-order valence-electron chi connectivity index (χ2n) is 3.69. The van der Waals surface area contributed by atoms with Crippen molar-refractivity contribution >= 4 is 0 Å². The van der Waals surface area contributed by atoms with Gasteiger partial charge in [-0.15, -0.1) is 0 Å². The van der Waals surface area contributed by atoms with Crippen molar-refractivity contribution in [3.63, 3.8) is 0 Å². The van der Waals surface area contributed by atoms with Crippen LogP contribution in [-0.2, 0) is 5.60 Å². The van der Waals surface area contributed by atoms with Crippen LogP contribution in [0.2, 0.25) is 0 Å². The summed E-state index contributed by atoms with van der Waals surface area (Å²) in [6, 6.07) is 5.43. The molecule has 1 unspecified atom stereocenters. The molecule has 3 heteroatoms. The van der Waals surface area contributed by atoms with E-state index in [4.69, 9.17) is 9.47 Å². The molecule has 1 aromatic carbocycles. The number of hydrogen-bond acceptors (Lipinski definition) is 3. The van der Waals surface area contributed by atoms with Crippen LogP contribution in [0.4, 0.5) is 0 Å². The molecule has 0 aliphatic rings. The maximum Gasteiger partial charge on any atom is 0.128 e. The third-order valence-electron chi connectivity index (χ3n) is 2.68. The first-order valence-corrected chi connectivity index (χ1v) is 5.00. The van der Waals surface area contributed by atoms with E-state index < -0.39 is 5.60 Å². The summed E-state index contributed by atoms with van der Waals surface area (Å²) < 4.78 is 10.3. The van der Waals surface area contributed by atoms with Crippen molar-refractivity contribution < 1.29 is 14.6 Å². The molecule has 0 radical (unpaired) electrons. The molecule has 0 aliphatic heterocycles. The normalized spacial score (nSPS) is 14.5. The van der Waals surface area contributed by atoms with Crippen LogP contribution in [0.15, 0.2) is 18.2 Å². The molecule has 1 rings (SSSR count). The van der Waals surface area contributed by atoms with Crippen molar-refractivity contribution in [3.8, 4) is 11.5 Å². The lowest BCUT2D eigenvalue weighted by Gasteiger charge is -2.24. The van der Waals surface area contributed by atoms with E-state index in [1.54, 1.807) is 27.2 Å². The van der Waals surface area contributed by atoms with E-state index in [1.807, 2.05) is 19.1 Å². The zero-order chi connectivity index (χ0) is 11.5. The molecule has 0 aliphatic carbocycles. The number of rotatable bonds is 4. The average molecular weight is 210 g/mol. The Morgan fingerprint density at radius 1 is 1.27 bits per heavy atom. The summed E-state index contributed by atoms with van der Waals surface area (Å²) in [4.78, 5) is 0. The highest BCUT2D eigenvalue weighted by Gasteiger charge is 2.24. The summed E-state index contributed by atoms with van der Waals surface area (Å²) in [5, 5.41) is 10.1. The van der Waals surface area contributed by atoms with E-state index in [9.17, 15) is 5.11 Å².